The number of alkyl halides is 3. The second-order valence-electron chi connectivity index (χ2n) is 7.18. The number of carbonyl (C=O) groups is 2. The number of anilines is 4. The van der Waals surface area contributed by atoms with E-state index < -0.39 is 40.8 Å². The summed E-state index contributed by atoms with van der Waals surface area (Å²) in [6.07, 6.45) is -4.89. The van der Waals surface area contributed by atoms with Crippen LogP contribution >= 0.6 is 0 Å². The van der Waals surface area contributed by atoms with Gasteiger partial charge in [0.15, 0.2) is 0 Å². The van der Waals surface area contributed by atoms with E-state index in [9.17, 15) is 31.9 Å². The van der Waals surface area contributed by atoms with Gasteiger partial charge in [-0.1, -0.05) is 6.07 Å². The maximum Gasteiger partial charge on any atom is 0.416 e. The third-order valence-corrected chi connectivity index (χ3v) is 4.83. The van der Waals surface area contributed by atoms with Gasteiger partial charge in [-0.05, 0) is 42.5 Å². The number of nitrogens with zero attached hydrogens (tertiary/aromatic N) is 1. The van der Waals surface area contributed by atoms with E-state index in [4.69, 9.17) is 0 Å². The van der Waals surface area contributed by atoms with Crippen LogP contribution in [0.1, 0.15) is 23.5 Å². The van der Waals surface area contributed by atoms with Gasteiger partial charge in [-0.15, -0.1) is 0 Å². The Kier molecular flexibility index (Phi) is 5.58. The fraction of sp³-hybridized carbons (Fsp3) is 0.143. The number of halogens is 4. The lowest BCUT2D eigenvalue weighted by Gasteiger charge is -2.23. The minimum absolute atomic E-state index is 0.000615. The van der Waals surface area contributed by atoms with E-state index in [1.54, 1.807) is 0 Å². The Hall–Kier alpha value is -4.22. The first kappa shape index (κ1) is 22.0. The molecule has 12 heteroatoms. The fourth-order valence-corrected chi connectivity index (χ4v) is 3.33. The average Bonchev–Trinajstić information content (AvgIpc) is 2.74. The third kappa shape index (κ3) is 4.84. The molecule has 0 saturated carbocycles. The van der Waals surface area contributed by atoms with E-state index in [2.05, 4.69) is 25.9 Å². The van der Waals surface area contributed by atoms with Gasteiger partial charge in [0.05, 0.1) is 17.0 Å². The van der Waals surface area contributed by atoms with Crippen LogP contribution in [0.2, 0.25) is 0 Å². The summed E-state index contributed by atoms with van der Waals surface area (Å²) in [4.78, 5) is 44.0. The minimum atomic E-state index is -4.56. The molecule has 1 aromatic heterocycles. The molecule has 0 radical (unpaired) electrons. The molecule has 0 bridgehead atoms. The Morgan fingerprint density at radius 2 is 1.79 bits per heavy atom. The molecule has 4 N–H and O–H groups in total. The maximum atomic E-state index is 13.1. The van der Waals surface area contributed by atoms with Gasteiger partial charge in [0.25, 0.3) is 5.56 Å². The number of amides is 2. The monoisotopic (exact) mass is 461 g/mol. The molecule has 0 saturated heterocycles. The van der Waals surface area contributed by atoms with Gasteiger partial charge < -0.3 is 16.0 Å². The van der Waals surface area contributed by atoms with Gasteiger partial charge >= 0.3 is 6.18 Å². The molecule has 1 aliphatic rings. The van der Waals surface area contributed by atoms with Crippen molar-refractivity contribution in [1.82, 2.24) is 9.97 Å². The first-order valence-electron chi connectivity index (χ1n) is 9.55. The molecule has 8 nitrogen and oxygen atoms in total. The van der Waals surface area contributed by atoms with Crippen molar-refractivity contribution < 1.29 is 27.2 Å². The topological polar surface area (TPSA) is 116 Å². The van der Waals surface area contributed by atoms with Crippen LogP contribution in [-0.2, 0) is 15.8 Å². The number of rotatable bonds is 4. The lowest BCUT2D eigenvalue weighted by atomic mass is 9.92. The number of hydrogen-bond donors (Lipinski definition) is 4. The predicted molar refractivity (Wildman–Crippen MR) is 111 cm³/mol. The van der Waals surface area contributed by atoms with Gasteiger partial charge in [0.1, 0.15) is 11.6 Å². The first-order chi connectivity index (χ1) is 15.6. The summed E-state index contributed by atoms with van der Waals surface area (Å²) in [6.45, 7) is 0. The smallest absolute Gasteiger partial charge is 0.326 e. The third-order valence-electron chi connectivity index (χ3n) is 4.83. The normalized spacial score (nSPS) is 15.4. The molecule has 33 heavy (non-hydrogen) atoms. The second-order valence-corrected chi connectivity index (χ2v) is 7.18. The Labute approximate surface area is 183 Å². The van der Waals surface area contributed by atoms with Crippen LogP contribution in [-0.4, -0.2) is 21.8 Å². The highest BCUT2D eigenvalue weighted by molar-refractivity contribution is 6.04. The number of benzene rings is 2. The van der Waals surface area contributed by atoms with Crippen molar-refractivity contribution in [2.45, 2.75) is 18.5 Å². The highest BCUT2D eigenvalue weighted by Crippen LogP contribution is 2.32. The van der Waals surface area contributed by atoms with E-state index in [0.717, 1.165) is 24.3 Å². The van der Waals surface area contributed by atoms with E-state index >= 15 is 0 Å². The summed E-state index contributed by atoms with van der Waals surface area (Å²) in [6, 6.07) is 9.15. The number of hydrogen-bond acceptors (Lipinski definition) is 5. The Bertz CT molecular complexity index is 1290. The quantitative estimate of drug-likeness (QED) is 0.442. The summed E-state index contributed by atoms with van der Waals surface area (Å²) >= 11 is 0. The number of nitrogens with one attached hydrogen (secondary N) is 4. The zero-order valence-electron chi connectivity index (χ0n) is 16.6. The van der Waals surface area contributed by atoms with Crippen LogP contribution in [0, 0.1) is 5.82 Å². The highest BCUT2D eigenvalue weighted by atomic mass is 19.4. The SMILES string of the molecule is O=C1CC(C(=O)Nc2ccc(F)cc2)c2c(nc(Nc3cccc(C(F)(F)F)c3)[nH]c2=O)N1. The summed E-state index contributed by atoms with van der Waals surface area (Å²) in [5.74, 6) is -3.36. The molecule has 0 fully saturated rings. The van der Waals surface area contributed by atoms with Crippen LogP contribution < -0.4 is 21.5 Å². The van der Waals surface area contributed by atoms with Gasteiger partial charge in [0, 0.05) is 17.8 Å². The van der Waals surface area contributed by atoms with Crippen LogP contribution in [0.15, 0.2) is 53.3 Å². The highest BCUT2D eigenvalue weighted by Gasteiger charge is 2.35. The van der Waals surface area contributed by atoms with Crippen molar-refractivity contribution in [1.29, 1.82) is 0 Å². The summed E-state index contributed by atoms with van der Waals surface area (Å²) in [5.41, 5.74) is -1.50. The molecule has 3 aromatic rings. The van der Waals surface area contributed by atoms with Gasteiger partial charge in [-0.25, -0.2) is 4.39 Å². The molecule has 2 heterocycles. The first-order valence-corrected chi connectivity index (χ1v) is 9.55. The molecule has 4 rings (SSSR count). The second kappa shape index (κ2) is 8.37. The molecule has 170 valence electrons. The number of fused-ring (bicyclic) bond motifs is 1. The van der Waals surface area contributed by atoms with E-state index in [1.807, 2.05) is 0 Å². The van der Waals surface area contributed by atoms with E-state index in [0.29, 0.717) is 0 Å². The van der Waals surface area contributed by atoms with Gasteiger partial charge in [0.2, 0.25) is 17.8 Å². The van der Waals surface area contributed by atoms with Crippen molar-refractivity contribution in [3.8, 4) is 0 Å². The lowest BCUT2D eigenvalue weighted by molar-refractivity contribution is -0.137. The van der Waals surface area contributed by atoms with Crippen LogP contribution in [0.25, 0.3) is 0 Å². The number of aromatic amines is 1. The van der Waals surface area contributed by atoms with Crippen LogP contribution in [0.5, 0.6) is 0 Å². The standard InChI is InChI=1S/C21H15F4N5O3/c22-11-4-6-12(7-5-11)26-18(32)14-9-15(31)28-17-16(14)19(33)30-20(29-17)27-13-3-1-2-10(8-13)21(23,24)25/h1-8,14H,9H2,(H,26,32)(H3,27,28,29,30,31,33). The zero-order valence-corrected chi connectivity index (χ0v) is 16.6. The summed E-state index contributed by atoms with van der Waals surface area (Å²) in [7, 11) is 0. The largest absolute Gasteiger partial charge is 0.416 e. The molecular weight excluding hydrogens is 446 g/mol. The Morgan fingerprint density at radius 3 is 2.48 bits per heavy atom. The number of carbonyl (C=O) groups excluding carboxylic acids is 2. The van der Waals surface area contributed by atoms with E-state index in [1.165, 1.54) is 24.3 Å². The van der Waals surface area contributed by atoms with Crippen molar-refractivity contribution in [2.24, 2.45) is 0 Å². The molecule has 1 atom stereocenters. The maximum absolute atomic E-state index is 13.1. The predicted octanol–water partition coefficient (Wildman–Crippen LogP) is 3.74. The molecule has 0 spiro atoms. The van der Waals surface area contributed by atoms with Crippen molar-refractivity contribution in [3.63, 3.8) is 0 Å². The number of aromatic nitrogens is 2. The summed E-state index contributed by atoms with van der Waals surface area (Å²) in [5, 5.41) is 7.47. The van der Waals surface area contributed by atoms with Crippen molar-refractivity contribution >= 4 is 35.0 Å². The van der Waals surface area contributed by atoms with Crippen molar-refractivity contribution in [3.05, 3.63) is 75.8 Å². The Morgan fingerprint density at radius 1 is 1.06 bits per heavy atom. The zero-order chi connectivity index (χ0) is 23.8. The molecular formula is C21H15F4N5O3. The average molecular weight is 461 g/mol. The van der Waals surface area contributed by atoms with Crippen molar-refractivity contribution in [2.75, 3.05) is 16.0 Å². The summed E-state index contributed by atoms with van der Waals surface area (Å²) < 4.78 is 51.9. The molecule has 2 aromatic carbocycles. The van der Waals surface area contributed by atoms with Gasteiger partial charge in [-0.2, -0.15) is 18.2 Å². The molecule has 1 aliphatic heterocycles. The van der Waals surface area contributed by atoms with Crippen LogP contribution in [0.3, 0.4) is 0 Å². The minimum Gasteiger partial charge on any atom is -0.326 e. The fourth-order valence-electron chi connectivity index (χ4n) is 3.33. The number of H-pyrrole nitrogens is 1. The van der Waals surface area contributed by atoms with Gasteiger partial charge in [-0.3, -0.25) is 19.4 Å². The van der Waals surface area contributed by atoms with Crippen LogP contribution in [0.4, 0.5) is 40.7 Å². The molecule has 0 aliphatic carbocycles. The Balaban J connectivity index is 1.62. The lowest BCUT2D eigenvalue weighted by Crippen LogP contribution is -2.36. The molecule has 2 amide bonds. The molecule has 1 unspecified atom stereocenters. The van der Waals surface area contributed by atoms with E-state index in [-0.39, 0.29) is 35.1 Å².